The van der Waals surface area contributed by atoms with E-state index in [4.69, 9.17) is 0 Å². The van der Waals surface area contributed by atoms with Gasteiger partial charge in [-0.3, -0.25) is 19.2 Å². The largest absolute Gasteiger partial charge is 0.344 e. The molecule has 1 heterocycles. The molecule has 3 aliphatic rings. The first-order valence-corrected chi connectivity index (χ1v) is 10.9. The van der Waals surface area contributed by atoms with Crippen LogP contribution >= 0.6 is 0 Å². The van der Waals surface area contributed by atoms with Gasteiger partial charge in [0.25, 0.3) is 0 Å². The van der Waals surface area contributed by atoms with E-state index in [2.05, 4.69) is 19.2 Å². The normalized spacial score (nSPS) is 29.6. The van der Waals surface area contributed by atoms with Gasteiger partial charge in [0.1, 0.15) is 6.04 Å². The molecule has 3 fully saturated rings. The summed E-state index contributed by atoms with van der Waals surface area (Å²) >= 11 is 0. The molecule has 1 saturated heterocycles. The molecule has 3 rings (SSSR count). The van der Waals surface area contributed by atoms with Crippen LogP contribution in [0.5, 0.6) is 0 Å². The number of nitrogens with zero attached hydrogens (tertiary/aromatic N) is 1. The Kier molecular flexibility index (Phi) is 5.46. The van der Waals surface area contributed by atoms with Crippen molar-refractivity contribution in [1.29, 1.82) is 0 Å². The number of ketones is 2. The number of Topliss-reactive ketones (excluding diaryl/α,β-unsaturated/α-hetero) is 2. The fourth-order valence-electron chi connectivity index (χ4n) is 4.85. The molecule has 0 aromatic rings. The molecule has 2 aliphatic carbocycles. The zero-order valence-corrected chi connectivity index (χ0v) is 18.9. The van der Waals surface area contributed by atoms with Crippen molar-refractivity contribution in [2.75, 3.05) is 6.54 Å². The number of carbonyl (C=O) groups excluding carboxylic acids is 4. The first-order chi connectivity index (χ1) is 13.3. The van der Waals surface area contributed by atoms with E-state index in [0.717, 1.165) is 12.8 Å². The second-order valence-corrected chi connectivity index (χ2v) is 11.1. The number of piperidine rings is 1. The summed E-state index contributed by atoms with van der Waals surface area (Å²) in [7, 11) is 0. The van der Waals surface area contributed by atoms with E-state index < -0.39 is 23.7 Å². The Morgan fingerprint density at radius 3 is 2.21 bits per heavy atom. The molecule has 1 aliphatic heterocycles. The maximum Gasteiger partial charge on any atom is 0.243 e. The predicted octanol–water partition coefficient (Wildman–Crippen LogP) is 2.59. The van der Waals surface area contributed by atoms with Crippen molar-refractivity contribution in [3.05, 3.63) is 0 Å². The topological polar surface area (TPSA) is 83.6 Å². The Morgan fingerprint density at radius 2 is 1.72 bits per heavy atom. The molecule has 0 bridgehead atoms. The third-order valence-electron chi connectivity index (χ3n) is 7.68. The minimum atomic E-state index is -0.773. The lowest BCUT2D eigenvalue weighted by Crippen LogP contribution is -2.55. The van der Waals surface area contributed by atoms with E-state index in [0.29, 0.717) is 24.8 Å². The summed E-state index contributed by atoms with van der Waals surface area (Å²) in [5.41, 5.74) is -0.181. The Bertz CT molecular complexity index is 732. The van der Waals surface area contributed by atoms with Crippen LogP contribution in [0.4, 0.5) is 0 Å². The van der Waals surface area contributed by atoms with Gasteiger partial charge in [-0.05, 0) is 35.0 Å². The first kappa shape index (κ1) is 22.0. The van der Waals surface area contributed by atoms with Crippen molar-refractivity contribution in [2.24, 2.45) is 34.5 Å². The molecule has 1 N–H and O–H groups in total. The van der Waals surface area contributed by atoms with Gasteiger partial charge in [-0.1, -0.05) is 54.4 Å². The molecular formula is C23H36N2O4. The smallest absolute Gasteiger partial charge is 0.243 e. The van der Waals surface area contributed by atoms with Gasteiger partial charge in [0.15, 0.2) is 5.78 Å². The molecule has 2 amide bonds. The van der Waals surface area contributed by atoms with E-state index in [1.54, 1.807) is 4.90 Å². The highest BCUT2D eigenvalue weighted by molar-refractivity contribution is 6.38. The highest BCUT2D eigenvalue weighted by Crippen LogP contribution is 2.65. The Hall–Kier alpha value is -1.72. The van der Waals surface area contributed by atoms with Crippen molar-refractivity contribution < 1.29 is 19.2 Å². The summed E-state index contributed by atoms with van der Waals surface area (Å²) in [6.07, 6.45) is 2.58. The zero-order chi connectivity index (χ0) is 21.9. The van der Waals surface area contributed by atoms with Crippen LogP contribution in [0.25, 0.3) is 0 Å². The van der Waals surface area contributed by atoms with Gasteiger partial charge >= 0.3 is 0 Å². The van der Waals surface area contributed by atoms with Crippen LogP contribution in [-0.2, 0) is 19.2 Å². The lowest BCUT2D eigenvalue weighted by atomic mass is 9.81. The van der Waals surface area contributed by atoms with Gasteiger partial charge < -0.3 is 10.2 Å². The number of carbonyl (C=O) groups is 4. The van der Waals surface area contributed by atoms with Crippen molar-refractivity contribution in [2.45, 2.75) is 79.8 Å². The maximum atomic E-state index is 13.3. The summed E-state index contributed by atoms with van der Waals surface area (Å²) in [5.74, 6) is -0.741. The van der Waals surface area contributed by atoms with Crippen LogP contribution in [0.15, 0.2) is 0 Å². The lowest BCUT2D eigenvalue weighted by molar-refractivity contribution is -0.146. The molecule has 162 valence electrons. The van der Waals surface area contributed by atoms with Crippen LogP contribution < -0.4 is 5.32 Å². The number of rotatable bonds is 7. The number of amides is 2. The molecule has 29 heavy (non-hydrogen) atoms. The molecule has 0 aromatic heterocycles. The lowest BCUT2D eigenvalue weighted by Gasteiger charge is -2.36. The van der Waals surface area contributed by atoms with Crippen LogP contribution in [0.3, 0.4) is 0 Å². The molecule has 4 unspecified atom stereocenters. The van der Waals surface area contributed by atoms with E-state index in [1.807, 2.05) is 27.7 Å². The summed E-state index contributed by atoms with van der Waals surface area (Å²) in [4.78, 5) is 52.3. The fraction of sp³-hybridized carbons (Fsp3) is 0.826. The third kappa shape index (κ3) is 4.13. The van der Waals surface area contributed by atoms with Gasteiger partial charge in [0, 0.05) is 19.4 Å². The third-order valence-corrected chi connectivity index (χ3v) is 7.68. The summed E-state index contributed by atoms with van der Waals surface area (Å²) < 4.78 is 0. The van der Waals surface area contributed by atoms with Crippen LogP contribution in [0, 0.1) is 34.5 Å². The second-order valence-electron chi connectivity index (χ2n) is 11.1. The SMILES string of the molecule is CC(=O)C(=O)C(CC1CC1)NC(=O)[C@@H]1C2C(CN1C(=O)C(C)C(C)(C)C)C2(C)C. The highest BCUT2D eigenvalue weighted by atomic mass is 16.2. The van der Waals surface area contributed by atoms with Crippen LogP contribution in [-0.4, -0.2) is 46.9 Å². The van der Waals surface area contributed by atoms with Gasteiger partial charge in [0.05, 0.1) is 6.04 Å². The summed E-state index contributed by atoms with van der Waals surface area (Å²) in [6.45, 7) is 14.1. The van der Waals surface area contributed by atoms with Crippen LogP contribution in [0.1, 0.15) is 67.7 Å². The molecule has 6 heteroatoms. The van der Waals surface area contributed by atoms with Crippen molar-refractivity contribution in [3.8, 4) is 0 Å². The number of hydrogen-bond donors (Lipinski definition) is 1. The summed E-state index contributed by atoms with van der Waals surface area (Å²) in [5, 5.41) is 2.87. The number of fused-ring (bicyclic) bond motifs is 1. The van der Waals surface area contributed by atoms with E-state index >= 15 is 0 Å². The van der Waals surface area contributed by atoms with Gasteiger partial charge in [0.2, 0.25) is 17.6 Å². The Labute approximate surface area is 174 Å². The van der Waals surface area contributed by atoms with Crippen molar-refractivity contribution in [1.82, 2.24) is 10.2 Å². The minimum Gasteiger partial charge on any atom is -0.344 e. The number of likely N-dealkylation sites (tertiary alicyclic amines) is 1. The first-order valence-electron chi connectivity index (χ1n) is 10.9. The summed E-state index contributed by atoms with van der Waals surface area (Å²) in [6, 6.07) is -1.33. The maximum absolute atomic E-state index is 13.3. The predicted molar refractivity (Wildman–Crippen MR) is 110 cm³/mol. The second kappa shape index (κ2) is 7.21. The standard InChI is InChI=1S/C23H36N2O4/c1-12(22(3,4)5)21(29)25-11-15-17(23(15,6)7)18(25)20(28)24-16(10-14-8-9-14)19(27)13(2)26/h12,14-18H,8-11H2,1-7H3,(H,24,28)/t12?,15?,16?,17?,18-/m0/s1. The molecular weight excluding hydrogens is 368 g/mol. The molecule has 2 saturated carbocycles. The monoisotopic (exact) mass is 404 g/mol. The fourth-order valence-corrected chi connectivity index (χ4v) is 4.85. The highest BCUT2D eigenvalue weighted by Gasteiger charge is 2.69. The number of nitrogens with one attached hydrogen (secondary N) is 1. The average molecular weight is 405 g/mol. The zero-order valence-electron chi connectivity index (χ0n) is 18.9. The van der Waals surface area contributed by atoms with Gasteiger partial charge in [-0.15, -0.1) is 0 Å². The van der Waals surface area contributed by atoms with E-state index in [9.17, 15) is 19.2 Å². The molecule has 0 aromatic carbocycles. The minimum absolute atomic E-state index is 0.00251. The van der Waals surface area contributed by atoms with Gasteiger partial charge in [-0.2, -0.15) is 0 Å². The van der Waals surface area contributed by atoms with Gasteiger partial charge in [-0.25, -0.2) is 0 Å². The van der Waals surface area contributed by atoms with Crippen LogP contribution in [0.2, 0.25) is 0 Å². The Morgan fingerprint density at radius 1 is 1.14 bits per heavy atom. The van der Waals surface area contributed by atoms with E-state index in [-0.39, 0.29) is 34.5 Å². The molecule has 6 nitrogen and oxygen atoms in total. The van der Waals surface area contributed by atoms with Crippen molar-refractivity contribution in [3.63, 3.8) is 0 Å². The molecule has 0 radical (unpaired) electrons. The van der Waals surface area contributed by atoms with E-state index in [1.165, 1.54) is 6.92 Å². The molecule has 0 spiro atoms. The molecule has 5 atom stereocenters. The quantitative estimate of drug-likeness (QED) is 0.661. The number of hydrogen-bond acceptors (Lipinski definition) is 4. The average Bonchev–Trinajstić information content (AvgIpc) is 3.45. The Balaban J connectivity index is 1.79. The van der Waals surface area contributed by atoms with Crippen molar-refractivity contribution >= 4 is 23.4 Å².